The lowest BCUT2D eigenvalue weighted by molar-refractivity contribution is -0.0643. The molecule has 0 unspecified atom stereocenters. The molecule has 0 aromatic carbocycles. The van der Waals surface area contributed by atoms with E-state index in [2.05, 4.69) is 11.2 Å². The lowest BCUT2D eigenvalue weighted by Gasteiger charge is -2.33. The van der Waals surface area contributed by atoms with Crippen LogP contribution in [0.1, 0.15) is 46.0 Å². The van der Waals surface area contributed by atoms with Crippen LogP contribution in [0.25, 0.3) is 0 Å². The van der Waals surface area contributed by atoms with Gasteiger partial charge in [-0.15, -0.1) is 6.42 Å². The molecule has 1 fully saturated rings. The Morgan fingerprint density at radius 1 is 1.37 bits per heavy atom. The number of terminal acetylenes is 1. The van der Waals surface area contributed by atoms with Gasteiger partial charge in [-0.2, -0.15) is 0 Å². The van der Waals surface area contributed by atoms with Crippen molar-refractivity contribution < 1.29 is 14.9 Å². The van der Waals surface area contributed by atoms with Crippen molar-refractivity contribution in [2.24, 2.45) is 0 Å². The van der Waals surface area contributed by atoms with Gasteiger partial charge in [0.1, 0.15) is 5.60 Å². The van der Waals surface area contributed by atoms with Crippen LogP contribution in [0.4, 0.5) is 0 Å². The number of nitrogens with one attached hydrogen (secondary N) is 1. The summed E-state index contributed by atoms with van der Waals surface area (Å²) in [6, 6.07) is 0. The maximum Gasteiger partial charge on any atom is 0.128 e. The van der Waals surface area contributed by atoms with Crippen LogP contribution in [0.3, 0.4) is 0 Å². The molecule has 110 valence electrons. The first-order valence-corrected chi connectivity index (χ1v) is 7.09. The van der Waals surface area contributed by atoms with Gasteiger partial charge in [0.05, 0.1) is 19.3 Å². The summed E-state index contributed by atoms with van der Waals surface area (Å²) >= 11 is 0. The van der Waals surface area contributed by atoms with Crippen LogP contribution >= 0.6 is 0 Å². The zero-order valence-corrected chi connectivity index (χ0v) is 12.1. The van der Waals surface area contributed by atoms with Crippen molar-refractivity contribution in [1.82, 2.24) is 5.32 Å². The van der Waals surface area contributed by atoms with Crippen molar-refractivity contribution in [2.75, 3.05) is 19.8 Å². The first-order chi connectivity index (χ1) is 8.93. The Balaban J connectivity index is 2.33. The van der Waals surface area contributed by atoms with Gasteiger partial charge in [-0.3, -0.25) is 0 Å². The maximum absolute atomic E-state index is 9.91. The van der Waals surface area contributed by atoms with Gasteiger partial charge in [-0.25, -0.2) is 0 Å². The first-order valence-electron chi connectivity index (χ1n) is 7.09. The van der Waals surface area contributed by atoms with E-state index in [1.165, 1.54) is 6.42 Å². The molecule has 0 heterocycles. The number of rotatable bonds is 7. The number of β-amino-alcohol motifs (C(OH)–C–C–N with tert-alkyl or cyclic N) is 1. The lowest BCUT2D eigenvalue weighted by Crippen LogP contribution is -2.47. The third-order valence-corrected chi connectivity index (χ3v) is 3.69. The van der Waals surface area contributed by atoms with Crippen LogP contribution in [0.15, 0.2) is 0 Å². The summed E-state index contributed by atoms with van der Waals surface area (Å²) in [5, 5.41) is 22.1. The molecule has 0 spiro atoms. The van der Waals surface area contributed by atoms with Gasteiger partial charge in [-0.05, 0) is 39.5 Å². The average Bonchev–Trinajstić information content (AvgIpc) is 2.44. The second-order valence-corrected chi connectivity index (χ2v) is 6.09. The molecule has 0 saturated heterocycles. The maximum atomic E-state index is 9.91. The minimum absolute atomic E-state index is 0.0227. The summed E-state index contributed by atoms with van der Waals surface area (Å²) in [6.07, 6.45) is 10.1. The average molecular weight is 269 g/mol. The zero-order chi connectivity index (χ0) is 14.4. The highest BCUT2D eigenvalue weighted by Crippen LogP contribution is 2.31. The second-order valence-electron chi connectivity index (χ2n) is 6.09. The Kier molecular flexibility index (Phi) is 6.28. The molecule has 4 nitrogen and oxygen atoms in total. The van der Waals surface area contributed by atoms with E-state index >= 15 is 0 Å². The highest BCUT2D eigenvalue weighted by Gasteiger charge is 2.31. The van der Waals surface area contributed by atoms with Gasteiger partial charge in [0.2, 0.25) is 0 Å². The summed E-state index contributed by atoms with van der Waals surface area (Å²) in [7, 11) is 0. The van der Waals surface area contributed by atoms with Gasteiger partial charge < -0.3 is 20.3 Å². The number of aliphatic hydroxyl groups excluding tert-OH is 2. The predicted octanol–water partition coefficient (Wildman–Crippen LogP) is 1.06. The summed E-state index contributed by atoms with van der Waals surface area (Å²) < 4.78 is 5.79. The third-order valence-electron chi connectivity index (χ3n) is 3.69. The van der Waals surface area contributed by atoms with E-state index in [4.69, 9.17) is 16.3 Å². The minimum atomic E-state index is -0.613. The SMILES string of the molecule is C#CC1(OC[C@H](O)CNC(C)(C)CO)CCCCC1. The fourth-order valence-corrected chi connectivity index (χ4v) is 2.22. The Morgan fingerprint density at radius 2 is 2.00 bits per heavy atom. The molecule has 0 amide bonds. The Hall–Kier alpha value is -0.600. The molecule has 0 aromatic heterocycles. The molecule has 0 bridgehead atoms. The predicted molar refractivity (Wildman–Crippen MR) is 75.8 cm³/mol. The Morgan fingerprint density at radius 3 is 2.53 bits per heavy atom. The minimum Gasteiger partial charge on any atom is -0.394 e. The first kappa shape index (κ1) is 16.5. The largest absolute Gasteiger partial charge is 0.394 e. The molecule has 3 N–H and O–H groups in total. The van der Waals surface area contributed by atoms with E-state index in [0.29, 0.717) is 6.54 Å². The van der Waals surface area contributed by atoms with Crippen molar-refractivity contribution in [2.45, 2.75) is 63.2 Å². The molecule has 4 heteroatoms. The molecule has 0 aliphatic heterocycles. The van der Waals surface area contributed by atoms with Gasteiger partial charge in [0, 0.05) is 12.1 Å². The van der Waals surface area contributed by atoms with E-state index in [1.54, 1.807) is 0 Å². The van der Waals surface area contributed by atoms with Crippen molar-refractivity contribution >= 4 is 0 Å². The summed E-state index contributed by atoms with van der Waals surface area (Å²) in [6.45, 7) is 4.40. The second kappa shape index (κ2) is 7.25. The molecule has 19 heavy (non-hydrogen) atoms. The number of hydrogen-bond acceptors (Lipinski definition) is 4. The standard InChI is InChI=1S/C15H27NO3/c1-4-15(8-6-5-7-9-15)19-11-13(18)10-16-14(2,3)12-17/h1,13,16-18H,5-12H2,2-3H3/t13-/m1/s1. The van der Waals surface area contributed by atoms with E-state index < -0.39 is 17.2 Å². The van der Waals surface area contributed by atoms with E-state index in [1.807, 2.05) is 13.8 Å². The van der Waals surface area contributed by atoms with Crippen LogP contribution in [-0.4, -0.2) is 47.2 Å². The van der Waals surface area contributed by atoms with Gasteiger partial charge in [-0.1, -0.05) is 12.3 Å². The molecular weight excluding hydrogens is 242 g/mol. The van der Waals surface area contributed by atoms with Gasteiger partial charge >= 0.3 is 0 Å². The highest BCUT2D eigenvalue weighted by atomic mass is 16.5. The van der Waals surface area contributed by atoms with Crippen LogP contribution in [0.5, 0.6) is 0 Å². The van der Waals surface area contributed by atoms with Crippen LogP contribution in [0.2, 0.25) is 0 Å². The normalized spacial score (nSPS) is 20.8. The van der Waals surface area contributed by atoms with E-state index in [-0.39, 0.29) is 13.2 Å². The molecule has 0 aromatic rings. The molecule has 1 aliphatic rings. The Bertz CT molecular complexity index is 303. The number of ether oxygens (including phenoxy) is 1. The third kappa shape index (κ3) is 5.50. The quantitative estimate of drug-likeness (QED) is 0.605. The summed E-state index contributed by atoms with van der Waals surface area (Å²) in [5.41, 5.74) is -0.874. The Labute approximate surface area is 116 Å². The van der Waals surface area contributed by atoms with Crippen LogP contribution in [-0.2, 0) is 4.74 Å². The molecule has 1 saturated carbocycles. The monoisotopic (exact) mass is 269 g/mol. The molecular formula is C15H27NO3. The van der Waals surface area contributed by atoms with Crippen LogP contribution < -0.4 is 5.32 Å². The summed E-state index contributed by atoms with van der Waals surface area (Å²) in [5.74, 6) is 2.76. The van der Waals surface area contributed by atoms with Crippen LogP contribution in [0, 0.1) is 12.3 Å². The van der Waals surface area contributed by atoms with Gasteiger partial charge in [0.25, 0.3) is 0 Å². The van der Waals surface area contributed by atoms with Gasteiger partial charge in [0.15, 0.2) is 0 Å². The smallest absolute Gasteiger partial charge is 0.128 e. The zero-order valence-electron chi connectivity index (χ0n) is 12.1. The van der Waals surface area contributed by atoms with Crippen molar-refractivity contribution in [1.29, 1.82) is 0 Å². The van der Waals surface area contributed by atoms with E-state index in [9.17, 15) is 5.11 Å². The fraction of sp³-hybridized carbons (Fsp3) is 0.867. The van der Waals surface area contributed by atoms with Crippen molar-refractivity contribution in [3.8, 4) is 12.3 Å². The van der Waals surface area contributed by atoms with Crippen molar-refractivity contribution in [3.05, 3.63) is 0 Å². The molecule has 1 atom stereocenters. The molecule has 0 radical (unpaired) electrons. The van der Waals surface area contributed by atoms with E-state index in [0.717, 1.165) is 25.7 Å². The molecule has 1 rings (SSSR count). The van der Waals surface area contributed by atoms with Crippen molar-refractivity contribution in [3.63, 3.8) is 0 Å². The lowest BCUT2D eigenvalue weighted by atomic mass is 9.85. The fourth-order valence-electron chi connectivity index (χ4n) is 2.22. The number of hydrogen-bond donors (Lipinski definition) is 3. The summed E-state index contributed by atoms with van der Waals surface area (Å²) in [4.78, 5) is 0. The molecule has 1 aliphatic carbocycles. The highest BCUT2D eigenvalue weighted by molar-refractivity contribution is 5.09. The number of aliphatic hydroxyl groups is 2. The topological polar surface area (TPSA) is 61.7 Å².